The van der Waals surface area contributed by atoms with Crippen molar-refractivity contribution in [2.24, 2.45) is 11.8 Å². The first-order chi connectivity index (χ1) is 24.9. The third-order valence-electron chi connectivity index (χ3n) is 10.0. The second-order valence-electron chi connectivity index (χ2n) is 14.7. The Balaban J connectivity index is 2.08. The van der Waals surface area contributed by atoms with Gasteiger partial charge in [0, 0.05) is 38.1 Å². The number of aliphatic carboxylic acids is 3. The molecule has 298 valence electrons. The number of carbonyl (C=O) groups is 7. The number of ketones is 1. The van der Waals surface area contributed by atoms with Crippen LogP contribution in [-0.4, -0.2) is 75.4 Å². The van der Waals surface area contributed by atoms with Crippen LogP contribution in [0.2, 0.25) is 0 Å². The molecule has 0 saturated heterocycles. The summed E-state index contributed by atoms with van der Waals surface area (Å²) in [6.07, 6.45) is 21.6. The number of carboxylic acid groups (broad SMARTS) is 3. The summed E-state index contributed by atoms with van der Waals surface area (Å²) in [5.74, 6) is -4.55. The van der Waals surface area contributed by atoms with E-state index in [4.69, 9.17) is 5.11 Å². The summed E-state index contributed by atoms with van der Waals surface area (Å²) in [6, 6.07) is -2.54. The lowest BCUT2D eigenvalue weighted by atomic mass is 9.81. The van der Waals surface area contributed by atoms with Gasteiger partial charge < -0.3 is 36.1 Å². The maximum absolute atomic E-state index is 12.8. The molecular formula is C39H67N3O10. The molecule has 0 radical (unpaired) electrons. The molecule has 0 aromatic carbocycles. The SMILES string of the molecule is CC(=O)CCC(NC(=O)CCC(NC(=O)C1CCC(CNC(=O)CCCCCCCCCCCCCCCCCCC(=O)O)CC1)C(=O)O)C(=O)O. The van der Waals surface area contributed by atoms with Gasteiger partial charge in [0.15, 0.2) is 0 Å². The van der Waals surface area contributed by atoms with Crippen molar-refractivity contribution in [3.8, 4) is 0 Å². The standard InChI is InChI=1S/C39H67N3O10/c1-29(43)20-25-32(38(49)50)41-35(45)27-26-33(39(51)52)42-37(48)31-23-21-30(22-24-31)28-40-34(44)18-16-14-12-10-8-6-4-2-3-5-7-9-11-13-15-17-19-36(46)47/h30-33H,2-28H2,1H3,(H,40,44)(H,41,45)(H,42,48)(H,46,47)(H,49,50)(H,51,52). The zero-order valence-corrected chi connectivity index (χ0v) is 31.6. The van der Waals surface area contributed by atoms with Crippen molar-refractivity contribution in [3.05, 3.63) is 0 Å². The van der Waals surface area contributed by atoms with Gasteiger partial charge in [0.25, 0.3) is 0 Å². The van der Waals surface area contributed by atoms with E-state index >= 15 is 0 Å². The van der Waals surface area contributed by atoms with Crippen LogP contribution in [0.3, 0.4) is 0 Å². The van der Waals surface area contributed by atoms with Crippen LogP contribution in [0.1, 0.15) is 174 Å². The third-order valence-corrected chi connectivity index (χ3v) is 10.0. The molecule has 0 spiro atoms. The molecule has 0 heterocycles. The van der Waals surface area contributed by atoms with E-state index in [9.17, 15) is 43.8 Å². The van der Waals surface area contributed by atoms with E-state index in [2.05, 4.69) is 16.0 Å². The van der Waals surface area contributed by atoms with E-state index in [1.165, 1.54) is 71.1 Å². The fourth-order valence-corrected chi connectivity index (χ4v) is 6.71. The molecule has 13 heteroatoms. The molecule has 13 nitrogen and oxygen atoms in total. The predicted molar refractivity (Wildman–Crippen MR) is 197 cm³/mol. The Morgan fingerprint density at radius 3 is 1.38 bits per heavy atom. The zero-order chi connectivity index (χ0) is 38.6. The molecule has 1 saturated carbocycles. The Morgan fingerprint density at radius 2 is 0.942 bits per heavy atom. The monoisotopic (exact) mass is 737 g/mol. The summed E-state index contributed by atoms with van der Waals surface area (Å²) >= 11 is 0. The van der Waals surface area contributed by atoms with Crippen molar-refractivity contribution in [1.82, 2.24) is 16.0 Å². The van der Waals surface area contributed by atoms with Crippen LogP contribution in [0.4, 0.5) is 0 Å². The maximum Gasteiger partial charge on any atom is 0.326 e. The minimum absolute atomic E-state index is 0.00776. The first-order valence-electron chi connectivity index (χ1n) is 19.9. The van der Waals surface area contributed by atoms with Gasteiger partial charge in [0.1, 0.15) is 17.9 Å². The summed E-state index contributed by atoms with van der Waals surface area (Å²) < 4.78 is 0. The minimum atomic E-state index is -1.29. The Morgan fingerprint density at radius 1 is 0.519 bits per heavy atom. The van der Waals surface area contributed by atoms with Crippen molar-refractivity contribution in [2.45, 2.75) is 186 Å². The highest BCUT2D eigenvalue weighted by Gasteiger charge is 2.30. The number of hydrogen-bond donors (Lipinski definition) is 6. The second kappa shape index (κ2) is 29.0. The predicted octanol–water partition coefficient (Wildman–Crippen LogP) is 6.30. The molecule has 2 atom stereocenters. The second-order valence-corrected chi connectivity index (χ2v) is 14.7. The van der Waals surface area contributed by atoms with Crippen LogP contribution >= 0.6 is 0 Å². The minimum Gasteiger partial charge on any atom is -0.481 e. The summed E-state index contributed by atoms with van der Waals surface area (Å²) in [6.45, 7) is 1.89. The van der Waals surface area contributed by atoms with Gasteiger partial charge in [0.2, 0.25) is 17.7 Å². The number of unbranched alkanes of at least 4 members (excludes halogenated alkanes) is 15. The van der Waals surface area contributed by atoms with Crippen molar-refractivity contribution in [1.29, 1.82) is 0 Å². The molecular weight excluding hydrogens is 670 g/mol. The molecule has 52 heavy (non-hydrogen) atoms. The first-order valence-corrected chi connectivity index (χ1v) is 19.9. The summed E-state index contributed by atoms with van der Waals surface area (Å²) in [5.41, 5.74) is 0. The van der Waals surface area contributed by atoms with Crippen LogP contribution in [0, 0.1) is 11.8 Å². The molecule has 1 aliphatic rings. The van der Waals surface area contributed by atoms with E-state index in [0.29, 0.717) is 32.2 Å². The van der Waals surface area contributed by atoms with Crippen LogP contribution in [0.5, 0.6) is 0 Å². The van der Waals surface area contributed by atoms with Gasteiger partial charge >= 0.3 is 17.9 Å². The van der Waals surface area contributed by atoms with Crippen LogP contribution in [-0.2, 0) is 33.6 Å². The van der Waals surface area contributed by atoms with Crippen molar-refractivity contribution < 1.29 is 48.9 Å². The molecule has 3 amide bonds. The smallest absolute Gasteiger partial charge is 0.326 e. The third kappa shape index (κ3) is 24.6. The lowest BCUT2D eigenvalue weighted by Crippen LogP contribution is -2.46. The molecule has 1 rings (SSSR count). The van der Waals surface area contributed by atoms with E-state index in [1.807, 2.05) is 0 Å². The highest BCUT2D eigenvalue weighted by Crippen LogP contribution is 2.29. The highest BCUT2D eigenvalue weighted by atomic mass is 16.4. The number of Topliss-reactive ketones (excluding diaryl/α,β-unsaturated/α-hetero) is 1. The molecule has 1 fully saturated rings. The summed E-state index contributed by atoms with van der Waals surface area (Å²) in [4.78, 5) is 82.2. The molecule has 0 bridgehead atoms. The molecule has 0 aromatic rings. The number of rotatable bonds is 32. The van der Waals surface area contributed by atoms with Gasteiger partial charge in [-0.3, -0.25) is 19.2 Å². The molecule has 0 aromatic heterocycles. The van der Waals surface area contributed by atoms with Crippen molar-refractivity contribution >= 4 is 41.4 Å². The Kier molecular flexibility index (Phi) is 25.9. The Labute approximate surface area is 310 Å². The molecule has 2 unspecified atom stereocenters. The van der Waals surface area contributed by atoms with Gasteiger partial charge in [0.05, 0.1) is 0 Å². The maximum atomic E-state index is 12.8. The van der Waals surface area contributed by atoms with Crippen LogP contribution in [0.25, 0.3) is 0 Å². The number of hydrogen-bond acceptors (Lipinski definition) is 7. The Bertz CT molecular complexity index is 1090. The van der Waals surface area contributed by atoms with Crippen molar-refractivity contribution in [3.63, 3.8) is 0 Å². The van der Waals surface area contributed by atoms with Gasteiger partial charge in [-0.15, -0.1) is 0 Å². The first kappa shape index (κ1) is 46.5. The molecule has 1 aliphatic carbocycles. The highest BCUT2D eigenvalue weighted by molar-refractivity contribution is 5.87. The number of carbonyl (C=O) groups excluding carboxylic acids is 4. The van der Waals surface area contributed by atoms with Gasteiger partial charge in [-0.2, -0.15) is 0 Å². The van der Waals surface area contributed by atoms with E-state index in [-0.39, 0.29) is 55.1 Å². The summed E-state index contributed by atoms with van der Waals surface area (Å²) in [5, 5.41) is 35.4. The van der Waals surface area contributed by atoms with E-state index in [1.54, 1.807) is 0 Å². The zero-order valence-electron chi connectivity index (χ0n) is 31.6. The fourth-order valence-electron chi connectivity index (χ4n) is 6.71. The largest absolute Gasteiger partial charge is 0.481 e. The van der Waals surface area contributed by atoms with E-state index < -0.39 is 35.9 Å². The average Bonchev–Trinajstić information content (AvgIpc) is 3.09. The van der Waals surface area contributed by atoms with Crippen LogP contribution in [0.15, 0.2) is 0 Å². The Hall–Kier alpha value is -3.51. The lowest BCUT2D eigenvalue weighted by molar-refractivity contribution is -0.144. The number of amides is 3. The topological polar surface area (TPSA) is 216 Å². The summed E-state index contributed by atoms with van der Waals surface area (Å²) in [7, 11) is 0. The van der Waals surface area contributed by atoms with Crippen molar-refractivity contribution in [2.75, 3.05) is 6.54 Å². The quantitative estimate of drug-likeness (QED) is 0.0423. The number of nitrogens with one attached hydrogen (secondary N) is 3. The van der Waals surface area contributed by atoms with Gasteiger partial charge in [-0.1, -0.05) is 89.9 Å². The van der Waals surface area contributed by atoms with E-state index in [0.717, 1.165) is 51.4 Å². The molecule has 0 aliphatic heterocycles. The molecule has 6 N–H and O–H groups in total. The lowest BCUT2D eigenvalue weighted by Gasteiger charge is -2.28. The number of carboxylic acids is 3. The van der Waals surface area contributed by atoms with Crippen LogP contribution < -0.4 is 16.0 Å². The fraction of sp³-hybridized carbons (Fsp3) is 0.821. The normalized spacial score (nSPS) is 16.7. The average molecular weight is 738 g/mol. The van der Waals surface area contributed by atoms with Gasteiger partial charge in [-0.25, -0.2) is 9.59 Å². The van der Waals surface area contributed by atoms with Gasteiger partial charge in [-0.05, 0) is 64.2 Å².